The van der Waals surface area contributed by atoms with Gasteiger partial charge in [-0.05, 0) is 18.6 Å². The predicted molar refractivity (Wildman–Crippen MR) is 52.5 cm³/mol. The summed E-state index contributed by atoms with van der Waals surface area (Å²) in [6, 6.07) is 5.58. The number of aryl methyl sites for hydroxylation is 1. The lowest BCUT2D eigenvalue weighted by atomic mass is 10.2. The molecule has 0 amide bonds. The van der Waals surface area contributed by atoms with Crippen molar-refractivity contribution < 1.29 is 0 Å². The number of rotatable bonds is 0. The van der Waals surface area contributed by atoms with Crippen LogP contribution in [0.1, 0.15) is 19.4 Å². The highest BCUT2D eigenvalue weighted by Crippen LogP contribution is 2.24. The summed E-state index contributed by atoms with van der Waals surface area (Å²) in [5.41, 5.74) is 1.02. The standard InChI is InChI=1S/C7H6Cl2.C2H6/c1-5-3-2-4-6(8)7(5)9;1-2/h2-4H,1H3;1-2H3. The van der Waals surface area contributed by atoms with Crippen LogP contribution in [-0.2, 0) is 0 Å². The molecule has 0 aliphatic carbocycles. The van der Waals surface area contributed by atoms with Crippen LogP contribution in [0.25, 0.3) is 0 Å². The fourth-order valence-corrected chi connectivity index (χ4v) is 0.959. The molecule has 0 spiro atoms. The van der Waals surface area contributed by atoms with Gasteiger partial charge in [-0.25, -0.2) is 0 Å². The van der Waals surface area contributed by atoms with Crippen molar-refractivity contribution >= 4 is 23.2 Å². The monoisotopic (exact) mass is 190 g/mol. The van der Waals surface area contributed by atoms with Crippen molar-refractivity contribution in [3.63, 3.8) is 0 Å². The quantitative estimate of drug-likeness (QED) is 0.572. The van der Waals surface area contributed by atoms with Crippen molar-refractivity contribution in [2.75, 3.05) is 0 Å². The zero-order chi connectivity index (χ0) is 8.85. The minimum absolute atomic E-state index is 0.622. The van der Waals surface area contributed by atoms with Gasteiger partial charge in [0.25, 0.3) is 0 Å². The lowest BCUT2D eigenvalue weighted by Gasteiger charge is -1.96. The predicted octanol–water partition coefficient (Wildman–Crippen LogP) is 4.33. The van der Waals surface area contributed by atoms with E-state index in [0.29, 0.717) is 10.0 Å². The van der Waals surface area contributed by atoms with Gasteiger partial charge in [-0.15, -0.1) is 0 Å². The minimum Gasteiger partial charge on any atom is -0.0827 e. The maximum atomic E-state index is 5.75. The van der Waals surface area contributed by atoms with E-state index in [1.807, 2.05) is 32.9 Å². The van der Waals surface area contributed by atoms with Crippen molar-refractivity contribution in [2.45, 2.75) is 20.8 Å². The van der Waals surface area contributed by atoms with E-state index in [9.17, 15) is 0 Å². The summed E-state index contributed by atoms with van der Waals surface area (Å²) in [6.07, 6.45) is 0. The zero-order valence-corrected chi connectivity index (χ0v) is 8.50. The second-order valence-electron chi connectivity index (χ2n) is 1.87. The Bertz CT molecular complexity index is 199. The summed E-state index contributed by atoms with van der Waals surface area (Å²) in [7, 11) is 0. The molecule has 0 atom stereocenters. The molecule has 11 heavy (non-hydrogen) atoms. The average molecular weight is 191 g/mol. The van der Waals surface area contributed by atoms with Gasteiger partial charge < -0.3 is 0 Å². The van der Waals surface area contributed by atoms with E-state index < -0.39 is 0 Å². The molecule has 0 saturated heterocycles. The summed E-state index contributed by atoms with van der Waals surface area (Å²) in [4.78, 5) is 0. The van der Waals surface area contributed by atoms with Crippen molar-refractivity contribution in [1.29, 1.82) is 0 Å². The van der Waals surface area contributed by atoms with Crippen LogP contribution < -0.4 is 0 Å². The molecule has 0 nitrogen and oxygen atoms in total. The van der Waals surface area contributed by atoms with Gasteiger partial charge in [0.2, 0.25) is 0 Å². The molecule has 0 saturated carbocycles. The SMILES string of the molecule is CC.Cc1cccc(Cl)c1Cl. The largest absolute Gasteiger partial charge is 0.0827 e. The van der Waals surface area contributed by atoms with E-state index in [2.05, 4.69) is 0 Å². The molecule has 0 unspecified atom stereocenters. The Morgan fingerprint density at radius 2 is 1.64 bits per heavy atom. The molecule has 1 aromatic rings. The minimum atomic E-state index is 0.622. The van der Waals surface area contributed by atoms with Gasteiger partial charge in [0.1, 0.15) is 0 Å². The summed E-state index contributed by atoms with van der Waals surface area (Å²) < 4.78 is 0. The molecule has 0 aliphatic heterocycles. The van der Waals surface area contributed by atoms with E-state index in [1.54, 1.807) is 6.07 Å². The first-order valence-electron chi connectivity index (χ1n) is 3.62. The first-order valence-corrected chi connectivity index (χ1v) is 4.38. The molecule has 0 fully saturated rings. The number of hydrogen-bond acceptors (Lipinski definition) is 0. The molecule has 0 aliphatic rings. The van der Waals surface area contributed by atoms with Crippen LogP contribution in [0.4, 0.5) is 0 Å². The topological polar surface area (TPSA) is 0 Å². The van der Waals surface area contributed by atoms with Crippen LogP contribution in [0, 0.1) is 6.92 Å². The summed E-state index contributed by atoms with van der Waals surface area (Å²) in [5.74, 6) is 0. The van der Waals surface area contributed by atoms with Gasteiger partial charge in [-0.2, -0.15) is 0 Å². The Labute approximate surface area is 78.1 Å². The van der Waals surface area contributed by atoms with Gasteiger partial charge in [0.05, 0.1) is 10.0 Å². The lowest BCUT2D eigenvalue weighted by Crippen LogP contribution is -1.73. The Morgan fingerprint density at radius 3 is 2.00 bits per heavy atom. The summed E-state index contributed by atoms with van der Waals surface area (Å²) in [5, 5.41) is 1.27. The van der Waals surface area contributed by atoms with E-state index in [0.717, 1.165) is 5.56 Å². The van der Waals surface area contributed by atoms with Gasteiger partial charge in [0, 0.05) is 0 Å². The van der Waals surface area contributed by atoms with Crippen LogP contribution in [0.5, 0.6) is 0 Å². The van der Waals surface area contributed by atoms with Crippen molar-refractivity contribution in [2.24, 2.45) is 0 Å². The van der Waals surface area contributed by atoms with Crippen molar-refractivity contribution in [3.05, 3.63) is 33.8 Å². The Morgan fingerprint density at radius 1 is 1.09 bits per heavy atom. The fourth-order valence-electron chi connectivity index (χ4n) is 0.612. The second kappa shape index (κ2) is 5.45. The van der Waals surface area contributed by atoms with E-state index in [1.165, 1.54) is 0 Å². The molecule has 62 valence electrons. The first-order chi connectivity index (χ1) is 5.22. The third-order valence-electron chi connectivity index (χ3n) is 1.14. The number of halogens is 2. The van der Waals surface area contributed by atoms with Gasteiger partial charge >= 0.3 is 0 Å². The second-order valence-corrected chi connectivity index (χ2v) is 2.66. The number of benzene rings is 1. The molecular formula is C9H12Cl2. The van der Waals surface area contributed by atoms with Crippen LogP contribution in [0.3, 0.4) is 0 Å². The third-order valence-corrected chi connectivity index (χ3v) is 2.06. The van der Waals surface area contributed by atoms with Crippen LogP contribution in [0.15, 0.2) is 18.2 Å². The van der Waals surface area contributed by atoms with Crippen LogP contribution >= 0.6 is 23.2 Å². The molecule has 0 aromatic heterocycles. The van der Waals surface area contributed by atoms with Gasteiger partial charge in [-0.3, -0.25) is 0 Å². The normalized spacial score (nSPS) is 8.45. The van der Waals surface area contributed by atoms with E-state index in [4.69, 9.17) is 23.2 Å². The van der Waals surface area contributed by atoms with Crippen LogP contribution in [0.2, 0.25) is 10.0 Å². The van der Waals surface area contributed by atoms with Gasteiger partial charge in [-0.1, -0.05) is 49.2 Å². The molecule has 1 rings (SSSR count). The molecule has 0 bridgehead atoms. The fraction of sp³-hybridized carbons (Fsp3) is 0.333. The van der Waals surface area contributed by atoms with Crippen molar-refractivity contribution in [1.82, 2.24) is 0 Å². The summed E-state index contributed by atoms with van der Waals surface area (Å²) in [6.45, 7) is 5.92. The molecule has 0 radical (unpaired) electrons. The first kappa shape index (κ1) is 10.8. The third kappa shape index (κ3) is 3.13. The van der Waals surface area contributed by atoms with Crippen molar-refractivity contribution in [3.8, 4) is 0 Å². The van der Waals surface area contributed by atoms with E-state index >= 15 is 0 Å². The maximum Gasteiger partial charge on any atom is 0.0621 e. The molecule has 1 aromatic carbocycles. The highest BCUT2D eigenvalue weighted by molar-refractivity contribution is 6.42. The molecular weight excluding hydrogens is 179 g/mol. The number of hydrogen-bond donors (Lipinski definition) is 0. The molecule has 0 N–H and O–H groups in total. The maximum absolute atomic E-state index is 5.75. The Balaban J connectivity index is 0.000000461. The highest BCUT2D eigenvalue weighted by atomic mass is 35.5. The van der Waals surface area contributed by atoms with E-state index in [-0.39, 0.29) is 0 Å². The Hall–Kier alpha value is -0.200. The highest BCUT2D eigenvalue weighted by Gasteiger charge is 1.96. The lowest BCUT2D eigenvalue weighted by molar-refractivity contribution is 1.47. The average Bonchev–Trinajstić information content (AvgIpc) is 2.04. The smallest absolute Gasteiger partial charge is 0.0621 e. The van der Waals surface area contributed by atoms with Crippen LogP contribution in [-0.4, -0.2) is 0 Å². The molecule has 0 heterocycles. The zero-order valence-electron chi connectivity index (χ0n) is 6.99. The molecule has 2 heteroatoms. The Kier molecular flexibility index (Phi) is 5.35. The summed E-state index contributed by atoms with van der Waals surface area (Å²) >= 11 is 11.4. The van der Waals surface area contributed by atoms with Gasteiger partial charge in [0.15, 0.2) is 0 Å².